The minimum Gasteiger partial charge on any atom is -0.481 e. The van der Waals surface area contributed by atoms with E-state index in [1.165, 1.54) is 0 Å². The molecule has 1 unspecified atom stereocenters. The minimum absolute atomic E-state index is 0.425. The Morgan fingerprint density at radius 3 is 2.50 bits per heavy atom. The molecule has 2 aliphatic rings. The molecule has 2 aliphatic carbocycles. The monoisotopic (exact) mass is 537 g/mol. The van der Waals surface area contributed by atoms with Gasteiger partial charge in [-0.2, -0.15) is 0 Å². The largest absolute Gasteiger partial charge is 0.481 e. The van der Waals surface area contributed by atoms with Crippen molar-refractivity contribution >= 4 is 34.2 Å². The summed E-state index contributed by atoms with van der Waals surface area (Å²) in [5.74, 6) is -0.272. The second-order valence-corrected chi connectivity index (χ2v) is 10.7. The molecule has 8 heteroatoms. The van der Waals surface area contributed by atoms with Gasteiger partial charge in [-0.1, -0.05) is 59.3 Å². The molecule has 0 spiro atoms. The topological polar surface area (TPSA) is 117 Å². The molecule has 0 saturated heterocycles. The predicted molar refractivity (Wildman–Crippen MR) is 153 cm³/mol. The number of carboxylic acids is 1. The van der Waals surface area contributed by atoms with Crippen LogP contribution in [-0.2, 0) is 9.53 Å². The van der Waals surface area contributed by atoms with E-state index in [0.717, 1.165) is 70.1 Å². The highest BCUT2D eigenvalue weighted by molar-refractivity contribution is 6.04. The molecule has 1 amide bonds. The summed E-state index contributed by atoms with van der Waals surface area (Å²) in [6.07, 6.45) is 6.01. The number of ether oxygens (including phenoxy) is 1. The number of aromatic amines is 1. The van der Waals surface area contributed by atoms with Gasteiger partial charge >= 0.3 is 12.1 Å². The molecule has 1 fully saturated rings. The number of nitrogens with one attached hydrogen (secondary N) is 2. The Hall–Kier alpha value is -4.59. The van der Waals surface area contributed by atoms with E-state index < -0.39 is 23.6 Å². The van der Waals surface area contributed by atoms with Crippen LogP contribution in [0.15, 0.2) is 70.8 Å². The number of hydrogen-bond acceptors (Lipinski definition) is 5. The first-order valence-electron chi connectivity index (χ1n) is 13.5. The number of rotatable bonds is 7. The Morgan fingerprint density at radius 2 is 1.82 bits per heavy atom. The quantitative estimate of drug-likeness (QED) is 0.222. The first-order chi connectivity index (χ1) is 19.3. The number of amides is 1. The number of hydrogen-bond donors (Lipinski definition) is 3. The molecule has 0 radical (unpaired) electrons. The molecular weight excluding hydrogens is 506 g/mol. The zero-order chi connectivity index (χ0) is 28.0. The molecule has 204 valence electrons. The summed E-state index contributed by atoms with van der Waals surface area (Å²) in [5.41, 5.74) is 7.14. The lowest BCUT2D eigenvalue weighted by atomic mass is 9.84. The van der Waals surface area contributed by atoms with Crippen molar-refractivity contribution in [3.8, 4) is 11.3 Å². The number of carbonyl (C=O) groups is 2. The van der Waals surface area contributed by atoms with Crippen LogP contribution in [0.1, 0.15) is 61.2 Å². The summed E-state index contributed by atoms with van der Waals surface area (Å²) in [7, 11) is 0. The molecular formula is C32H31N3O5. The van der Waals surface area contributed by atoms with Crippen molar-refractivity contribution in [2.24, 2.45) is 5.41 Å². The second kappa shape index (κ2) is 9.86. The Balaban J connectivity index is 1.31. The van der Waals surface area contributed by atoms with E-state index in [4.69, 9.17) is 9.26 Å². The number of aryl methyl sites for hydroxylation is 2. The van der Waals surface area contributed by atoms with Crippen molar-refractivity contribution in [3.63, 3.8) is 0 Å². The van der Waals surface area contributed by atoms with Crippen molar-refractivity contribution in [1.29, 1.82) is 0 Å². The Kier molecular flexibility index (Phi) is 6.33. The van der Waals surface area contributed by atoms with Crippen molar-refractivity contribution in [2.45, 2.75) is 52.6 Å². The van der Waals surface area contributed by atoms with E-state index >= 15 is 0 Å². The number of carboxylic acid groups (broad SMARTS) is 1. The molecule has 4 aromatic rings. The van der Waals surface area contributed by atoms with E-state index in [1.54, 1.807) is 6.92 Å². The number of nitrogens with zero attached hydrogens (tertiary/aromatic N) is 1. The third-order valence-corrected chi connectivity index (χ3v) is 8.09. The zero-order valence-corrected chi connectivity index (χ0v) is 22.7. The maximum atomic E-state index is 12.8. The van der Waals surface area contributed by atoms with Gasteiger partial charge in [-0.15, -0.1) is 0 Å². The van der Waals surface area contributed by atoms with Crippen LogP contribution in [0.5, 0.6) is 0 Å². The van der Waals surface area contributed by atoms with Crippen LogP contribution < -0.4 is 5.32 Å². The third-order valence-electron chi connectivity index (χ3n) is 8.09. The smallest absolute Gasteiger partial charge is 0.412 e. The number of aromatic nitrogens is 2. The van der Waals surface area contributed by atoms with Crippen LogP contribution in [-0.4, -0.2) is 27.3 Å². The maximum Gasteiger partial charge on any atom is 0.412 e. The van der Waals surface area contributed by atoms with Crippen LogP contribution in [0.4, 0.5) is 10.5 Å². The number of benzene rings is 2. The highest BCUT2D eigenvalue weighted by Crippen LogP contribution is 2.55. The summed E-state index contributed by atoms with van der Waals surface area (Å²) in [5, 5.41) is 17.7. The van der Waals surface area contributed by atoms with Crippen molar-refractivity contribution < 1.29 is 24.0 Å². The fourth-order valence-electron chi connectivity index (χ4n) is 5.67. The van der Waals surface area contributed by atoms with E-state index in [-0.39, 0.29) is 0 Å². The molecule has 2 heterocycles. The van der Waals surface area contributed by atoms with Crippen LogP contribution in [0.3, 0.4) is 0 Å². The van der Waals surface area contributed by atoms with Gasteiger partial charge in [-0.3, -0.25) is 10.1 Å². The molecule has 0 bridgehead atoms. The number of fused-ring (bicyclic) bond motifs is 1. The molecule has 1 saturated carbocycles. The molecule has 0 aliphatic heterocycles. The summed E-state index contributed by atoms with van der Waals surface area (Å²) >= 11 is 0. The summed E-state index contributed by atoms with van der Waals surface area (Å²) < 4.78 is 11.4. The Morgan fingerprint density at radius 1 is 1.07 bits per heavy atom. The lowest BCUT2D eigenvalue weighted by molar-refractivity contribution is -0.141. The van der Waals surface area contributed by atoms with Gasteiger partial charge < -0.3 is 19.4 Å². The average Bonchev–Trinajstić information content (AvgIpc) is 3.57. The summed E-state index contributed by atoms with van der Waals surface area (Å²) in [4.78, 5) is 28.1. The second-order valence-electron chi connectivity index (χ2n) is 10.7. The molecule has 2 aromatic carbocycles. The van der Waals surface area contributed by atoms with Crippen molar-refractivity contribution in [3.05, 3.63) is 88.8 Å². The van der Waals surface area contributed by atoms with Gasteiger partial charge in [0.1, 0.15) is 17.5 Å². The Labute approximate surface area is 231 Å². The lowest BCUT2D eigenvalue weighted by Crippen LogP contribution is -2.18. The van der Waals surface area contributed by atoms with Gasteiger partial charge in [0.2, 0.25) is 0 Å². The minimum atomic E-state index is -0.714. The van der Waals surface area contributed by atoms with Gasteiger partial charge in [0.25, 0.3) is 0 Å². The zero-order valence-electron chi connectivity index (χ0n) is 22.7. The van der Waals surface area contributed by atoms with Crippen molar-refractivity contribution in [1.82, 2.24) is 10.1 Å². The average molecular weight is 538 g/mol. The van der Waals surface area contributed by atoms with Crippen LogP contribution in [0.25, 0.3) is 27.8 Å². The lowest BCUT2D eigenvalue weighted by Gasteiger charge is -2.20. The number of anilines is 1. The van der Waals surface area contributed by atoms with Gasteiger partial charge in [0.15, 0.2) is 5.76 Å². The van der Waals surface area contributed by atoms with Crippen LogP contribution in [0.2, 0.25) is 0 Å². The van der Waals surface area contributed by atoms with Crippen LogP contribution in [0, 0.1) is 19.3 Å². The first kappa shape index (κ1) is 25.7. The van der Waals surface area contributed by atoms with Gasteiger partial charge in [-0.05, 0) is 75.3 Å². The molecule has 3 N–H and O–H groups in total. The molecule has 2 aromatic heterocycles. The van der Waals surface area contributed by atoms with E-state index in [1.807, 2.05) is 56.3 Å². The Bertz CT molecular complexity index is 1690. The van der Waals surface area contributed by atoms with Crippen molar-refractivity contribution in [2.75, 3.05) is 5.32 Å². The number of H-pyrrole nitrogens is 1. The maximum absolute atomic E-state index is 12.8. The van der Waals surface area contributed by atoms with Gasteiger partial charge in [0.05, 0.1) is 10.9 Å². The summed E-state index contributed by atoms with van der Waals surface area (Å²) in [6, 6.07) is 15.7. The fourth-order valence-corrected chi connectivity index (χ4v) is 5.67. The standard InChI is InChI=1S/C32H31N3O5/c1-18-17-26-24(22-9-11-23(12-10-22)32(15-16-32)30(36)37)13-14-25(28(26)33-18)29-27(19(2)35-40-29)34-31(38)39-20(3)21-7-5-4-6-8-21/h4-9,11,13-14,17,20,33H,10,12,15-16H2,1-3H3,(H,34,38)(H,36,37). The fraction of sp³-hybridized carbons (Fsp3) is 0.281. The summed E-state index contributed by atoms with van der Waals surface area (Å²) in [6.45, 7) is 5.59. The molecule has 8 nitrogen and oxygen atoms in total. The first-order valence-corrected chi connectivity index (χ1v) is 13.5. The molecule has 6 rings (SSSR count). The molecule has 40 heavy (non-hydrogen) atoms. The van der Waals surface area contributed by atoms with E-state index in [9.17, 15) is 14.7 Å². The predicted octanol–water partition coefficient (Wildman–Crippen LogP) is 7.72. The highest BCUT2D eigenvalue weighted by atomic mass is 16.6. The number of aliphatic carboxylic acids is 1. The van der Waals surface area contributed by atoms with Gasteiger partial charge in [0, 0.05) is 16.6 Å². The van der Waals surface area contributed by atoms with E-state index in [2.05, 4.69) is 33.7 Å². The number of allylic oxidation sites excluding steroid dienone is 3. The van der Waals surface area contributed by atoms with Gasteiger partial charge in [-0.25, -0.2) is 4.79 Å². The molecule has 1 atom stereocenters. The highest BCUT2D eigenvalue weighted by Gasteiger charge is 2.52. The normalized spacial score (nSPS) is 16.7. The third kappa shape index (κ3) is 4.49. The van der Waals surface area contributed by atoms with E-state index in [0.29, 0.717) is 17.1 Å². The van der Waals surface area contributed by atoms with Crippen LogP contribution >= 0.6 is 0 Å². The number of carbonyl (C=O) groups excluding carboxylic acids is 1. The SMILES string of the molecule is Cc1cc2c(C3=CC=C(C4(C(=O)O)CC4)CC3)ccc(-c3onc(C)c3NC(=O)OC(C)c3ccccc3)c2[nH]1.